The fraction of sp³-hybridized carbons (Fsp3) is 0.143. The number of H-pyrrole nitrogens is 1. The van der Waals surface area contributed by atoms with E-state index in [9.17, 15) is 4.79 Å². The highest BCUT2D eigenvalue weighted by atomic mass is 16.2. The van der Waals surface area contributed by atoms with Gasteiger partial charge in [-0.25, -0.2) is 9.67 Å². The lowest BCUT2D eigenvalue weighted by molar-refractivity contribution is -0.116. The molecular weight excluding hydrogens is 198 g/mol. The van der Waals surface area contributed by atoms with Crippen molar-refractivity contribution in [3.63, 3.8) is 0 Å². The molecule has 0 aromatic carbocycles. The third-order valence-corrected chi connectivity index (χ3v) is 1.64. The number of nitrogens with one attached hydrogen (secondary N) is 2. The number of aromatic nitrogens is 5. The zero-order valence-electron chi connectivity index (χ0n) is 7.71. The fourth-order valence-corrected chi connectivity index (χ4v) is 1.05. The van der Waals surface area contributed by atoms with Crippen LogP contribution in [-0.2, 0) is 11.3 Å². The molecule has 8 heteroatoms. The first-order chi connectivity index (χ1) is 7.24. The van der Waals surface area contributed by atoms with E-state index in [0.29, 0.717) is 5.69 Å². The van der Waals surface area contributed by atoms with E-state index in [1.165, 1.54) is 17.2 Å². The smallest absolute Gasteiger partial charge is 0.246 e. The Morgan fingerprint density at radius 3 is 3.13 bits per heavy atom. The van der Waals surface area contributed by atoms with Gasteiger partial charge in [0, 0.05) is 6.20 Å². The summed E-state index contributed by atoms with van der Waals surface area (Å²) in [7, 11) is 0. The molecule has 15 heavy (non-hydrogen) atoms. The molecule has 0 radical (unpaired) electrons. The van der Waals surface area contributed by atoms with Crippen LogP contribution in [0.5, 0.6) is 0 Å². The number of nitrogens with two attached hydrogens (primary N) is 1. The Bertz CT molecular complexity index is 446. The Balaban J connectivity index is 1.93. The van der Waals surface area contributed by atoms with Crippen molar-refractivity contribution in [2.45, 2.75) is 6.54 Å². The normalized spacial score (nSPS) is 10.1. The molecule has 8 nitrogen and oxygen atoms in total. The van der Waals surface area contributed by atoms with Gasteiger partial charge in [0.25, 0.3) is 0 Å². The fourth-order valence-electron chi connectivity index (χ4n) is 1.05. The van der Waals surface area contributed by atoms with Crippen LogP contribution in [0.2, 0.25) is 0 Å². The first kappa shape index (κ1) is 9.19. The maximum absolute atomic E-state index is 11.4. The first-order valence-electron chi connectivity index (χ1n) is 4.17. The third-order valence-electron chi connectivity index (χ3n) is 1.64. The number of hydrogen-bond donors (Lipinski definition) is 3. The molecule has 0 saturated heterocycles. The summed E-state index contributed by atoms with van der Waals surface area (Å²) in [4.78, 5) is 15.1. The van der Waals surface area contributed by atoms with Crippen molar-refractivity contribution in [3.05, 3.63) is 18.7 Å². The summed E-state index contributed by atoms with van der Waals surface area (Å²) in [6.45, 7) is 0.0649. The van der Waals surface area contributed by atoms with Crippen LogP contribution in [-0.4, -0.2) is 30.9 Å². The minimum absolute atomic E-state index is 0.0649. The number of nitrogen functional groups attached to an aromatic ring is 1. The Morgan fingerprint density at radius 1 is 1.67 bits per heavy atom. The van der Waals surface area contributed by atoms with Gasteiger partial charge in [-0.05, 0) is 0 Å². The lowest BCUT2D eigenvalue weighted by Gasteiger charge is -2.00. The molecule has 2 aromatic heterocycles. The first-order valence-corrected chi connectivity index (χ1v) is 4.17. The summed E-state index contributed by atoms with van der Waals surface area (Å²) < 4.78 is 1.35. The molecule has 0 aliphatic heterocycles. The summed E-state index contributed by atoms with van der Waals surface area (Å²) in [5.41, 5.74) is 5.91. The van der Waals surface area contributed by atoms with E-state index in [4.69, 9.17) is 5.73 Å². The van der Waals surface area contributed by atoms with E-state index in [0.717, 1.165) is 0 Å². The molecule has 1 amide bonds. The SMILES string of the molecule is Nc1ncn(CC(=O)Nc2cn[nH]c2)n1. The molecule has 0 unspecified atom stereocenters. The summed E-state index contributed by atoms with van der Waals surface area (Å²) in [6.07, 6.45) is 4.48. The molecule has 2 rings (SSSR count). The van der Waals surface area contributed by atoms with Gasteiger partial charge in [-0.1, -0.05) is 0 Å². The number of aromatic amines is 1. The summed E-state index contributed by atoms with van der Waals surface area (Å²) in [5, 5.41) is 12.7. The number of nitrogens with zero attached hydrogens (tertiary/aromatic N) is 4. The minimum Gasteiger partial charge on any atom is -0.367 e. The Morgan fingerprint density at radius 2 is 2.53 bits per heavy atom. The van der Waals surface area contributed by atoms with Crippen molar-refractivity contribution in [1.29, 1.82) is 0 Å². The highest BCUT2D eigenvalue weighted by Gasteiger charge is 2.05. The lowest BCUT2D eigenvalue weighted by Crippen LogP contribution is -2.18. The van der Waals surface area contributed by atoms with Crippen LogP contribution in [0.4, 0.5) is 11.6 Å². The summed E-state index contributed by atoms with van der Waals surface area (Å²) in [6, 6.07) is 0. The summed E-state index contributed by atoms with van der Waals surface area (Å²) in [5.74, 6) is -0.0765. The minimum atomic E-state index is -0.221. The molecule has 0 saturated carbocycles. The molecule has 4 N–H and O–H groups in total. The number of rotatable bonds is 3. The van der Waals surface area contributed by atoms with E-state index in [2.05, 4.69) is 25.6 Å². The zero-order valence-corrected chi connectivity index (χ0v) is 7.71. The van der Waals surface area contributed by atoms with E-state index in [1.54, 1.807) is 6.20 Å². The molecule has 0 spiro atoms. The third kappa shape index (κ3) is 2.30. The quantitative estimate of drug-likeness (QED) is 0.610. The second-order valence-corrected chi connectivity index (χ2v) is 2.84. The van der Waals surface area contributed by atoms with Crippen molar-refractivity contribution in [2.24, 2.45) is 0 Å². The molecule has 0 aliphatic carbocycles. The molecule has 0 atom stereocenters. The highest BCUT2D eigenvalue weighted by molar-refractivity contribution is 5.90. The van der Waals surface area contributed by atoms with Crippen molar-refractivity contribution >= 4 is 17.5 Å². The van der Waals surface area contributed by atoms with Gasteiger partial charge in [0.1, 0.15) is 12.9 Å². The van der Waals surface area contributed by atoms with E-state index >= 15 is 0 Å². The van der Waals surface area contributed by atoms with Gasteiger partial charge in [-0.15, -0.1) is 5.10 Å². The van der Waals surface area contributed by atoms with Gasteiger partial charge < -0.3 is 11.1 Å². The van der Waals surface area contributed by atoms with Crippen LogP contribution >= 0.6 is 0 Å². The number of anilines is 2. The maximum Gasteiger partial charge on any atom is 0.246 e. The van der Waals surface area contributed by atoms with E-state index in [1.807, 2.05) is 0 Å². The van der Waals surface area contributed by atoms with Crippen LogP contribution in [0.15, 0.2) is 18.7 Å². The molecule has 0 fully saturated rings. The second-order valence-electron chi connectivity index (χ2n) is 2.84. The second kappa shape index (κ2) is 3.78. The average molecular weight is 207 g/mol. The van der Waals surface area contributed by atoms with Crippen LogP contribution in [0.25, 0.3) is 0 Å². The van der Waals surface area contributed by atoms with E-state index in [-0.39, 0.29) is 18.4 Å². The monoisotopic (exact) mass is 207 g/mol. The Kier molecular flexibility index (Phi) is 2.31. The average Bonchev–Trinajstić information content (AvgIpc) is 2.77. The predicted molar refractivity (Wildman–Crippen MR) is 51.7 cm³/mol. The standard InChI is InChI=1S/C7H9N7O/c8-7-9-4-14(13-7)3-6(15)12-5-1-10-11-2-5/h1-2,4H,3H2,(H2,8,13)(H,10,11)(H,12,15). The molecule has 0 aliphatic rings. The van der Waals surface area contributed by atoms with Crippen LogP contribution in [0.3, 0.4) is 0 Å². The molecular formula is C7H9N7O. The molecule has 2 aromatic rings. The van der Waals surface area contributed by atoms with Gasteiger partial charge in [0.15, 0.2) is 0 Å². The highest BCUT2D eigenvalue weighted by Crippen LogP contribution is 2.01. The van der Waals surface area contributed by atoms with Gasteiger partial charge in [-0.2, -0.15) is 5.10 Å². The van der Waals surface area contributed by atoms with Crippen molar-refractivity contribution in [1.82, 2.24) is 25.0 Å². The van der Waals surface area contributed by atoms with Gasteiger partial charge in [-0.3, -0.25) is 9.89 Å². The van der Waals surface area contributed by atoms with Crippen molar-refractivity contribution in [3.8, 4) is 0 Å². The molecule has 2 heterocycles. The largest absolute Gasteiger partial charge is 0.367 e. The zero-order chi connectivity index (χ0) is 10.7. The van der Waals surface area contributed by atoms with Gasteiger partial charge in [0.2, 0.25) is 11.9 Å². The number of amides is 1. The van der Waals surface area contributed by atoms with Crippen molar-refractivity contribution in [2.75, 3.05) is 11.1 Å². The predicted octanol–water partition coefficient (Wildman–Crippen LogP) is -0.778. The maximum atomic E-state index is 11.4. The Labute approximate surface area is 84.5 Å². The topological polar surface area (TPSA) is 115 Å². The van der Waals surface area contributed by atoms with Gasteiger partial charge >= 0.3 is 0 Å². The van der Waals surface area contributed by atoms with Crippen LogP contribution in [0, 0.1) is 0 Å². The van der Waals surface area contributed by atoms with Crippen molar-refractivity contribution < 1.29 is 4.79 Å². The number of hydrogen-bond acceptors (Lipinski definition) is 5. The lowest BCUT2D eigenvalue weighted by atomic mass is 10.5. The molecule has 78 valence electrons. The molecule has 0 bridgehead atoms. The van der Waals surface area contributed by atoms with E-state index < -0.39 is 0 Å². The van der Waals surface area contributed by atoms with Crippen LogP contribution < -0.4 is 11.1 Å². The van der Waals surface area contributed by atoms with Gasteiger partial charge in [0.05, 0.1) is 11.9 Å². The number of carbonyl (C=O) groups is 1. The Hall–Kier alpha value is -2.38. The van der Waals surface area contributed by atoms with Crippen LogP contribution in [0.1, 0.15) is 0 Å². The summed E-state index contributed by atoms with van der Waals surface area (Å²) >= 11 is 0. The number of carbonyl (C=O) groups excluding carboxylic acids is 1.